The lowest BCUT2D eigenvalue weighted by Gasteiger charge is -2.25. The lowest BCUT2D eigenvalue weighted by atomic mass is 10.2. The molecule has 23 heavy (non-hydrogen) atoms. The zero-order chi connectivity index (χ0) is 16.8. The molecule has 0 radical (unpaired) electrons. The van der Waals surface area contributed by atoms with Crippen LogP contribution in [0.15, 0.2) is 18.3 Å². The smallest absolute Gasteiger partial charge is 0.241 e. The summed E-state index contributed by atoms with van der Waals surface area (Å²) in [7, 11) is 5.59. The van der Waals surface area contributed by atoms with Crippen LogP contribution in [0.1, 0.15) is 12.0 Å². The van der Waals surface area contributed by atoms with E-state index in [0.717, 1.165) is 13.0 Å². The highest BCUT2D eigenvalue weighted by atomic mass is 16.5. The summed E-state index contributed by atoms with van der Waals surface area (Å²) in [5.41, 5.74) is 0.496. The Kier molecular flexibility index (Phi) is 5.90. The summed E-state index contributed by atoms with van der Waals surface area (Å²) in [5, 5.41) is 11.7. The van der Waals surface area contributed by atoms with Gasteiger partial charge in [-0.15, -0.1) is 0 Å². The van der Waals surface area contributed by atoms with Gasteiger partial charge in [0.25, 0.3) is 0 Å². The maximum absolute atomic E-state index is 12.2. The molecule has 2 atom stereocenters. The number of pyridine rings is 1. The number of anilines is 1. The van der Waals surface area contributed by atoms with Crippen LogP contribution in [0.4, 0.5) is 5.82 Å². The van der Waals surface area contributed by atoms with Gasteiger partial charge in [-0.3, -0.25) is 9.69 Å². The first kappa shape index (κ1) is 17.2. The SMILES string of the molecule is CO[C@H]1C[C@@H](CN(C)C(=O)CNc2ccc(C#N)cn2)N(C)C1. The molecule has 124 valence electrons. The van der Waals surface area contributed by atoms with E-state index in [1.54, 1.807) is 24.1 Å². The molecule has 1 saturated heterocycles. The number of likely N-dealkylation sites (N-methyl/N-ethyl adjacent to an activating group) is 2. The first-order chi connectivity index (χ1) is 11.0. The fourth-order valence-electron chi connectivity index (χ4n) is 2.70. The Morgan fingerprint density at radius 1 is 1.61 bits per heavy atom. The van der Waals surface area contributed by atoms with Gasteiger partial charge in [0.2, 0.25) is 5.91 Å². The molecule has 0 aromatic carbocycles. The van der Waals surface area contributed by atoms with E-state index >= 15 is 0 Å². The van der Waals surface area contributed by atoms with Crippen molar-refractivity contribution in [1.29, 1.82) is 5.26 Å². The van der Waals surface area contributed by atoms with Crippen LogP contribution in [-0.2, 0) is 9.53 Å². The fraction of sp³-hybridized carbons (Fsp3) is 0.562. The van der Waals surface area contributed by atoms with Gasteiger partial charge in [0.05, 0.1) is 18.2 Å². The summed E-state index contributed by atoms with van der Waals surface area (Å²) in [6.45, 7) is 1.76. The number of methoxy groups -OCH3 is 1. The zero-order valence-corrected chi connectivity index (χ0v) is 13.8. The summed E-state index contributed by atoms with van der Waals surface area (Å²) in [5.74, 6) is 0.591. The Hall–Kier alpha value is -2.17. The number of hydrogen-bond acceptors (Lipinski definition) is 6. The second-order valence-electron chi connectivity index (χ2n) is 5.86. The monoisotopic (exact) mass is 317 g/mol. The number of nitrogens with one attached hydrogen (secondary N) is 1. The van der Waals surface area contributed by atoms with Gasteiger partial charge in [-0.05, 0) is 25.6 Å². The molecule has 2 rings (SSSR count). The minimum absolute atomic E-state index is 0.00502. The van der Waals surface area contributed by atoms with Crippen LogP contribution in [0.3, 0.4) is 0 Å². The largest absolute Gasteiger partial charge is 0.380 e. The van der Waals surface area contributed by atoms with Crippen molar-refractivity contribution in [2.24, 2.45) is 0 Å². The number of aromatic nitrogens is 1. The molecular weight excluding hydrogens is 294 g/mol. The molecule has 0 bridgehead atoms. The van der Waals surface area contributed by atoms with Gasteiger partial charge in [-0.1, -0.05) is 0 Å². The van der Waals surface area contributed by atoms with Crippen LogP contribution in [0.25, 0.3) is 0 Å². The first-order valence-corrected chi connectivity index (χ1v) is 7.60. The van der Waals surface area contributed by atoms with Crippen LogP contribution < -0.4 is 5.32 Å². The molecule has 1 N–H and O–H groups in total. The Bertz CT molecular complexity index is 569. The highest BCUT2D eigenvalue weighted by molar-refractivity contribution is 5.80. The minimum atomic E-state index is 0.00502. The maximum atomic E-state index is 12.2. The molecule has 0 aliphatic carbocycles. The second-order valence-corrected chi connectivity index (χ2v) is 5.86. The molecule has 7 nitrogen and oxygen atoms in total. The summed E-state index contributed by atoms with van der Waals surface area (Å²) in [6.07, 6.45) is 2.67. The number of carbonyl (C=O) groups is 1. The minimum Gasteiger partial charge on any atom is -0.380 e. The van der Waals surface area contributed by atoms with Gasteiger partial charge in [0.1, 0.15) is 11.9 Å². The lowest BCUT2D eigenvalue weighted by Crippen LogP contribution is -2.41. The van der Waals surface area contributed by atoms with Crippen molar-refractivity contribution in [3.63, 3.8) is 0 Å². The third-order valence-electron chi connectivity index (χ3n) is 4.21. The zero-order valence-electron chi connectivity index (χ0n) is 13.8. The van der Waals surface area contributed by atoms with E-state index in [2.05, 4.69) is 22.2 Å². The van der Waals surface area contributed by atoms with E-state index in [-0.39, 0.29) is 18.6 Å². The molecule has 0 unspecified atom stereocenters. The Morgan fingerprint density at radius 2 is 2.39 bits per heavy atom. The molecule has 0 saturated carbocycles. The predicted octanol–water partition coefficient (Wildman–Crippen LogP) is 0.543. The van der Waals surface area contributed by atoms with E-state index in [1.165, 1.54) is 6.20 Å². The van der Waals surface area contributed by atoms with Crippen molar-refractivity contribution < 1.29 is 9.53 Å². The third-order valence-corrected chi connectivity index (χ3v) is 4.21. The normalized spacial score (nSPS) is 21.0. The third kappa shape index (κ3) is 4.65. The van der Waals surface area contributed by atoms with E-state index in [4.69, 9.17) is 10.00 Å². The van der Waals surface area contributed by atoms with Gasteiger partial charge in [0.15, 0.2) is 0 Å². The second kappa shape index (κ2) is 7.90. The molecule has 1 aliphatic heterocycles. The topological polar surface area (TPSA) is 81.5 Å². The summed E-state index contributed by atoms with van der Waals surface area (Å²) < 4.78 is 5.39. The van der Waals surface area contributed by atoms with Crippen LogP contribution in [-0.4, -0.2) is 73.7 Å². The number of likely N-dealkylation sites (tertiary alicyclic amines) is 1. The Morgan fingerprint density at radius 3 is 2.96 bits per heavy atom. The van der Waals surface area contributed by atoms with E-state index in [0.29, 0.717) is 24.0 Å². The number of hydrogen-bond donors (Lipinski definition) is 1. The van der Waals surface area contributed by atoms with Gasteiger partial charge >= 0.3 is 0 Å². The molecule has 2 heterocycles. The van der Waals surface area contributed by atoms with Crippen LogP contribution in [0.5, 0.6) is 0 Å². The average molecular weight is 317 g/mol. The van der Waals surface area contributed by atoms with Crippen LogP contribution in [0, 0.1) is 11.3 Å². The molecule has 1 amide bonds. The predicted molar refractivity (Wildman–Crippen MR) is 86.9 cm³/mol. The van der Waals surface area contributed by atoms with Gasteiger partial charge < -0.3 is 15.0 Å². The summed E-state index contributed by atoms with van der Waals surface area (Å²) in [4.78, 5) is 20.3. The highest BCUT2D eigenvalue weighted by Gasteiger charge is 2.30. The molecule has 1 aromatic heterocycles. The molecule has 7 heteroatoms. The highest BCUT2D eigenvalue weighted by Crippen LogP contribution is 2.18. The molecule has 0 spiro atoms. The van der Waals surface area contributed by atoms with Crippen molar-refractivity contribution >= 4 is 11.7 Å². The van der Waals surface area contributed by atoms with Crippen molar-refractivity contribution in [3.8, 4) is 6.07 Å². The summed E-state index contributed by atoms with van der Waals surface area (Å²) >= 11 is 0. The quantitative estimate of drug-likeness (QED) is 0.825. The lowest BCUT2D eigenvalue weighted by molar-refractivity contribution is -0.128. The number of amides is 1. The first-order valence-electron chi connectivity index (χ1n) is 7.60. The van der Waals surface area contributed by atoms with Crippen molar-refractivity contribution in [2.75, 3.05) is 46.2 Å². The van der Waals surface area contributed by atoms with Gasteiger partial charge in [-0.25, -0.2) is 4.98 Å². The fourth-order valence-corrected chi connectivity index (χ4v) is 2.70. The van der Waals surface area contributed by atoms with Crippen LogP contribution >= 0.6 is 0 Å². The average Bonchev–Trinajstić information content (AvgIpc) is 2.93. The number of nitrogens with zero attached hydrogens (tertiary/aromatic N) is 4. The Labute approximate surface area is 136 Å². The molecule has 1 fully saturated rings. The van der Waals surface area contributed by atoms with E-state index in [1.807, 2.05) is 13.1 Å². The standard InChI is InChI=1S/C16H23N5O2/c1-20-11-14(23-3)6-13(20)10-21(2)16(22)9-19-15-5-4-12(7-17)8-18-15/h4-5,8,13-14H,6,9-11H2,1-3H3,(H,18,19)/t13-,14-/m0/s1. The number of nitriles is 1. The van der Waals surface area contributed by atoms with Crippen LogP contribution in [0.2, 0.25) is 0 Å². The van der Waals surface area contributed by atoms with E-state index in [9.17, 15) is 4.79 Å². The van der Waals surface area contributed by atoms with Crippen molar-refractivity contribution in [3.05, 3.63) is 23.9 Å². The van der Waals surface area contributed by atoms with Gasteiger partial charge in [-0.2, -0.15) is 5.26 Å². The molecule has 1 aromatic rings. The summed E-state index contributed by atoms with van der Waals surface area (Å²) in [6, 6.07) is 5.69. The number of ether oxygens (including phenoxy) is 1. The molecule has 1 aliphatic rings. The maximum Gasteiger partial charge on any atom is 0.241 e. The van der Waals surface area contributed by atoms with Crippen molar-refractivity contribution in [1.82, 2.24) is 14.8 Å². The Balaban J connectivity index is 1.79. The van der Waals surface area contributed by atoms with Crippen molar-refractivity contribution in [2.45, 2.75) is 18.6 Å². The number of carbonyl (C=O) groups excluding carboxylic acids is 1. The van der Waals surface area contributed by atoms with Gasteiger partial charge in [0, 0.05) is 39.5 Å². The van der Waals surface area contributed by atoms with E-state index < -0.39 is 0 Å². The molecular formula is C16H23N5O2. The number of rotatable bonds is 6.